The maximum Gasteiger partial charge on any atom is 0.345 e. The molecule has 0 aliphatic heterocycles. The number of hydrogen-bond acceptors (Lipinski definition) is 4. The topological polar surface area (TPSA) is 92.4 Å². The second kappa shape index (κ2) is 5.28. The minimum Gasteiger partial charge on any atom is -0.428 e. The van der Waals surface area contributed by atoms with Crippen molar-refractivity contribution >= 4 is 23.3 Å². The maximum absolute atomic E-state index is 11.5. The lowest BCUT2D eigenvalue weighted by Crippen LogP contribution is -2.13. The monoisotopic (exact) mass is 265 g/mol. The van der Waals surface area contributed by atoms with E-state index in [-0.39, 0.29) is 5.15 Å². The molecular formula is C10H8ClN5O2. The number of nitrogens with one attached hydrogen (secondary N) is 1. The molecular weight excluding hydrogens is 258 g/mol. The van der Waals surface area contributed by atoms with E-state index in [1.165, 1.54) is 30.7 Å². The van der Waals surface area contributed by atoms with Crippen LogP contribution in [0.15, 0.2) is 41.8 Å². The highest BCUT2D eigenvalue weighted by molar-refractivity contribution is 6.29. The van der Waals surface area contributed by atoms with Gasteiger partial charge in [-0.1, -0.05) is 11.6 Å². The van der Waals surface area contributed by atoms with Crippen LogP contribution in [-0.4, -0.2) is 26.2 Å². The molecule has 2 aromatic heterocycles. The molecule has 92 valence electrons. The van der Waals surface area contributed by atoms with Crippen molar-refractivity contribution in [3.8, 4) is 0 Å². The van der Waals surface area contributed by atoms with Crippen LogP contribution in [0, 0.1) is 0 Å². The standard InChI is InChI=1S/C10H8ClN5O2/c11-9-5-7(2-4-16(9)18)14-10(17)15-8-1-3-12-13-6-8/h1-6,18H,(H,12,15,17)/b14-7-. The van der Waals surface area contributed by atoms with Gasteiger partial charge in [-0.25, -0.2) is 4.79 Å². The second-order valence-electron chi connectivity index (χ2n) is 3.23. The van der Waals surface area contributed by atoms with Crippen LogP contribution >= 0.6 is 11.6 Å². The van der Waals surface area contributed by atoms with Crippen LogP contribution in [0.1, 0.15) is 0 Å². The lowest BCUT2D eigenvalue weighted by Gasteiger charge is -2.00. The molecule has 2 amide bonds. The van der Waals surface area contributed by atoms with Gasteiger partial charge in [0.1, 0.15) is 5.15 Å². The summed E-state index contributed by atoms with van der Waals surface area (Å²) in [6.45, 7) is 0. The summed E-state index contributed by atoms with van der Waals surface area (Å²) < 4.78 is 0.714. The molecule has 0 aliphatic rings. The zero-order chi connectivity index (χ0) is 13.0. The van der Waals surface area contributed by atoms with Crippen molar-refractivity contribution in [3.05, 3.63) is 47.3 Å². The third kappa shape index (κ3) is 3.05. The third-order valence-electron chi connectivity index (χ3n) is 1.94. The summed E-state index contributed by atoms with van der Waals surface area (Å²) >= 11 is 5.66. The smallest absolute Gasteiger partial charge is 0.345 e. The van der Waals surface area contributed by atoms with Crippen LogP contribution in [-0.2, 0) is 0 Å². The Morgan fingerprint density at radius 1 is 1.44 bits per heavy atom. The number of rotatable bonds is 1. The van der Waals surface area contributed by atoms with Gasteiger partial charge in [-0.3, -0.25) is 0 Å². The summed E-state index contributed by atoms with van der Waals surface area (Å²) in [5, 5.41) is 19.2. The van der Waals surface area contributed by atoms with Crippen LogP contribution in [0.2, 0.25) is 5.15 Å². The van der Waals surface area contributed by atoms with Crippen LogP contribution in [0.4, 0.5) is 10.5 Å². The Kier molecular flexibility index (Phi) is 3.54. The first-order valence-corrected chi connectivity index (χ1v) is 5.23. The van der Waals surface area contributed by atoms with Crippen LogP contribution in [0.25, 0.3) is 0 Å². The van der Waals surface area contributed by atoms with Gasteiger partial charge in [0.15, 0.2) is 0 Å². The quantitative estimate of drug-likeness (QED) is 0.600. The fourth-order valence-corrected chi connectivity index (χ4v) is 1.33. The molecule has 0 spiro atoms. The van der Waals surface area contributed by atoms with E-state index < -0.39 is 6.03 Å². The molecule has 0 radical (unpaired) electrons. The number of carbonyl (C=O) groups is 1. The lowest BCUT2D eigenvalue weighted by atomic mass is 10.4. The molecule has 0 aliphatic carbocycles. The minimum atomic E-state index is -0.574. The van der Waals surface area contributed by atoms with Crippen LogP contribution < -0.4 is 10.7 Å². The summed E-state index contributed by atoms with van der Waals surface area (Å²) in [5.41, 5.74) is 0.484. The van der Waals surface area contributed by atoms with Gasteiger partial charge < -0.3 is 10.5 Å². The molecule has 2 rings (SSSR count). The Morgan fingerprint density at radius 2 is 2.28 bits per heavy atom. The minimum absolute atomic E-state index is 0.0506. The summed E-state index contributed by atoms with van der Waals surface area (Å²) in [6.07, 6.45) is 4.12. The maximum atomic E-state index is 11.5. The largest absolute Gasteiger partial charge is 0.428 e. The van der Waals surface area contributed by atoms with Gasteiger partial charge >= 0.3 is 6.03 Å². The first-order chi connectivity index (χ1) is 8.65. The zero-order valence-corrected chi connectivity index (χ0v) is 9.74. The summed E-state index contributed by atoms with van der Waals surface area (Å²) in [6, 6.07) is 3.80. The van der Waals surface area contributed by atoms with E-state index in [9.17, 15) is 4.79 Å². The van der Waals surface area contributed by atoms with Crippen LogP contribution in [0.5, 0.6) is 0 Å². The van der Waals surface area contributed by atoms with E-state index in [2.05, 4.69) is 20.5 Å². The molecule has 2 heterocycles. The van der Waals surface area contributed by atoms with Gasteiger partial charge in [-0.15, -0.1) is 0 Å². The van der Waals surface area contributed by atoms with E-state index >= 15 is 0 Å². The van der Waals surface area contributed by atoms with Crippen molar-refractivity contribution in [2.45, 2.75) is 0 Å². The van der Waals surface area contributed by atoms with Crippen molar-refractivity contribution in [1.29, 1.82) is 0 Å². The van der Waals surface area contributed by atoms with E-state index in [0.29, 0.717) is 15.8 Å². The number of nitrogens with zero attached hydrogens (tertiary/aromatic N) is 4. The Labute approximate surface area is 106 Å². The summed E-state index contributed by atoms with van der Waals surface area (Å²) in [7, 11) is 0. The van der Waals surface area contributed by atoms with Gasteiger partial charge in [0, 0.05) is 12.3 Å². The highest BCUT2D eigenvalue weighted by Crippen LogP contribution is 2.02. The first kappa shape index (κ1) is 12.1. The number of pyridine rings is 1. The SMILES string of the molecule is O=C(/N=c1/ccn(O)c(Cl)c1)Nc1ccnnc1. The van der Waals surface area contributed by atoms with Crippen molar-refractivity contribution in [3.63, 3.8) is 0 Å². The molecule has 8 heteroatoms. The van der Waals surface area contributed by atoms with Gasteiger partial charge in [0.2, 0.25) is 0 Å². The predicted octanol–water partition coefficient (Wildman–Crippen LogP) is 1.30. The van der Waals surface area contributed by atoms with Crippen LogP contribution in [0.3, 0.4) is 0 Å². The summed E-state index contributed by atoms with van der Waals surface area (Å²) in [4.78, 5) is 15.3. The highest BCUT2D eigenvalue weighted by atomic mass is 35.5. The number of hydrogen-bond donors (Lipinski definition) is 2. The number of amides is 2. The molecule has 18 heavy (non-hydrogen) atoms. The summed E-state index contributed by atoms with van der Waals surface area (Å²) in [5.74, 6) is 0. The van der Waals surface area contributed by atoms with E-state index in [1.807, 2.05) is 0 Å². The number of halogens is 1. The highest BCUT2D eigenvalue weighted by Gasteiger charge is 2.00. The second-order valence-corrected chi connectivity index (χ2v) is 3.61. The molecule has 0 atom stereocenters. The van der Waals surface area contributed by atoms with Gasteiger partial charge in [0.25, 0.3) is 0 Å². The van der Waals surface area contributed by atoms with Gasteiger partial charge in [-0.05, 0) is 12.1 Å². The molecule has 0 unspecified atom stereocenters. The number of urea groups is 1. The van der Waals surface area contributed by atoms with Gasteiger partial charge in [0.05, 0.1) is 23.4 Å². The van der Waals surface area contributed by atoms with E-state index in [0.717, 1.165) is 0 Å². The molecule has 0 bridgehead atoms. The molecule has 0 saturated carbocycles. The third-order valence-corrected chi connectivity index (χ3v) is 2.22. The first-order valence-electron chi connectivity index (χ1n) is 4.85. The van der Waals surface area contributed by atoms with Gasteiger partial charge in [-0.2, -0.15) is 19.9 Å². The number of carbonyl (C=O) groups excluding carboxylic acids is 1. The molecule has 7 nitrogen and oxygen atoms in total. The average molecular weight is 266 g/mol. The molecule has 2 N–H and O–H groups in total. The normalized spacial score (nSPS) is 11.3. The predicted molar refractivity (Wildman–Crippen MR) is 63.2 cm³/mol. The zero-order valence-electron chi connectivity index (χ0n) is 8.99. The number of aromatic nitrogens is 3. The van der Waals surface area contributed by atoms with E-state index in [1.54, 1.807) is 6.07 Å². The Bertz CT molecular complexity index is 626. The fourth-order valence-electron chi connectivity index (χ4n) is 1.16. The van der Waals surface area contributed by atoms with Crippen molar-refractivity contribution in [1.82, 2.24) is 14.9 Å². The molecule has 2 aromatic rings. The average Bonchev–Trinajstić information content (AvgIpc) is 2.35. The van der Waals surface area contributed by atoms with Crippen molar-refractivity contribution in [2.75, 3.05) is 5.32 Å². The van der Waals surface area contributed by atoms with Crippen molar-refractivity contribution in [2.24, 2.45) is 4.99 Å². The molecule has 0 fully saturated rings. The van der Waals surface area contributed by atoms with Crippen molar-refractivity contribution < 1.29 is 10.0 Å². The Balaban J connectivity index is 2.18. The molecule has 0 aromatic carbocycles. The Hall–Kier alpha value is -2.41. The lowest BCUT2D eigenvalue weighted by molar-refractivity contribution is 0.185. The number of anilines is 1. The molecule has 0 saturated heterocycles. The Morgan fingerprint density at radius 3 is 2.94 bits per heavy atom. The fraction of sp³-hybridized carbons (Fsp3) is 0. The van der Waals surface area contributed by atoms with E-state index in [4.69, 9.17) is 16.8 Å².